The Morgan fingerprint density at radius 1 is 1.27 bits per heavy atom. The van der Waals surface area contributed by atoms with Gasteiger partial charge in [0.1, 0.15) is 12.1 Å². The van der Waals surface area contributed by atoms with E-state index in [4.69, 9.17) is 4.74 Å². The van der Waals surface area contributed by atoms with E-state index in [1.165, 1.54) is 6.33 Å². The number of rotatable bonds is 8. The first-order valence-corrected chi connectivity index (χ1v) is 8.72. The minimum atomic E-state index is -0.827. The van der Waals surface area contributed by atoms with E-state index in [0.29, 0.717) is 31.9 Å². The SMILES string of the molecule is CCC(C)(O)CN(Cc1ccccc1)c1cc(COC)nc2ncnn12. The minimum Gasteiger partial charge on any atom is -0.388 e. The largest absolute Gasteiger partial charge is 0.388 e. The van der Waals surface area contributed by atoms with Gasteiger partial charge >= 0.3 is 0 Å². The van der Waals surface area contributed by atoms with Gasteiger partial charge in [-0.15, -0.1) is 0 Å². The van der Waals surface area contributed by atoms with Gasteiger partial charge in [0, 0.05) is 26.3 Å². The predicted molar refractivity (Wildman–Crippen MR) is 99.9 cm³/mol. The van der Waals surface area contributed by atoms with E-state index in [9.17, 15) is 5.11 Å². The third-order valence-corrected chi connectivity index (χ3v) is 4.41. The van der Waals surface area contributed by atoms with Crippen LogP contribution in [0.3, 0.4) is 0 Å². The smallest absolute Gasteiger partial charge is 0.254 e. The van der Waals surface area contributed by atoms with Gasteiger partial charge in [-0.25, -0.2) is 4.98 Å². The Bertz CT molecular complexity index is 848. The van der Waals surface area contributed by atoms with Crippen molar-refractivity contribution < 1.29 is 9.84 Å². The Morgan fingerprint density at radius 3 is 2.73 bits per heavy atom. The number of benzene rings is 1. The second-order valence-electron chi connectivity index (χ2n) is 6.70. The molecule has 1 N–H and O–H groups in total. The molecule has 0 fully saturated rings. The van der Waals surface area contributed by atoms with Crippen molar-refractivity contribution in [2.75, 3.05) is 18.6 Å². The molecule has 1 unspecified atom stereocenters. The maximum atomic E-state index is 10.7. The second kappa shape index (κ2) is 7.80. The molecule has 138 valence electrons. The number of aromatic nitrogens is 4. The molecule has 7 nitrogen and oxygen atoms in total. The zero-order chi connectivity index (χ0) is 18.6. The molecule has 0 aliphatic carbocycles. The first-order chi connectivity index (χ1) is 12.5. The lowest BCUT2D eigenvalue weighted by molar-refractivity contribution is 0.0624. The van der Waals surface area contributed by atoms with Crippen molar-refractivity contribution >= 4 is 11.6 Å². The number of anilines is 1. The number of hydrogen-bond donors (Lipinski definition) is 1. The van der Waals surface area contributed by atoms with Crippen molar-refractivity contribution in [3.8, 4) is 0 Å². The zero-order valence-corrected chi connectivity index (χ0v) is 15.5. The summed E-state index contributed by atoms with van der Waals surface area (Å²) < 4.78 is 6.94. The molecule has 0 spiro atoms. The number of fused-ring (bicyclic) bond motifs is 1. The van der Waals surface area contributed by atoms with Crippen LogP contribution in [-0.4, -0.2) is 43.9 Å². The summed E-state index contributed by atoms with van der Waals surface area (Å²) in [6, 6.07) is 12.1. The Balaban J connectivity index is 2.05. The molecule has 0 amide bonds. The fourth-order valence-electron chi connectivity index (χ4n) is 2.84. The molecular weight excluding hydrogens is 330 g/mol. The van der Waals surface area contributed by atoms with Gasteiger partial charge in [-0.3, -0.25) is 0 Å². The van der Waals surface area contributed by atoms with Crippen LogP contribution in [0.5, 0.6) is 0 Å². The molecule has 0 aliphatic heterocycles. The summed E-state index contributed by atoms with van der Waals surface area (Å²) in [5.74, 6) is 1.35. The molecular formula is C19H25N5O2. The normalized spacial score (nSPS) is 13.7. The van der Waals surface area contributed by atoms with E-state index < -0.39 is 5.60 Å². The zero-order valence-electron chi connectivity index (χ0n) is 15.5. The lowest BCUT2D eigenvalue weighted by Crippen LogP contribution is -2.41. The summed E-state index contributed by atoms with van der Waals surface area (Å²) in [6.45, 7) is 5.32. The van der Waals surface area contributed by atoms with E-state index in [-0.39, 0.29) is 0 Å². The van der Waals surface area contributed by atoms with Gasteiger partial charge in [-0.05, 0) is 18.9 Å². The predicted octanol–water partition coefficient (Wildman–Crippen LogP) is 2.44. The molecule has 1 atom stereocenters. The first kappa shape index (κ1) is 18.3. The van der Waals surface area contributed by atoms with E-state index in [1.54, 1.807) is 11.6 Å². The van der Waals surface area contributed by atoms with Crippen LogP contribution in [0.15, 0.2) is 42.7 Å². The number of ether oxygens (including phenoxy) is 1. The fourth-order valence-corrected chi connectivity index (χ4v) is 2.84. The highest BCUT2D eigenvalue weighted by Gasteiger charge is 2.25. The van der Waals surface area contributed by atoms with E-state index in [1.807, 2.05) is 38.1 Å². The Labute approximate surface area is 153 Å². The van der Waals surface area contributed by atoms with E-state index >= 15 is 0 Å². The van der Waals surface area contributed by atoms with Crippen LogP contribution >= 0.6 is 0 Å². The van der Waals surface area contributed by atoms with Gasteiger partial charge < -0.3 is 14.7 Å². The lowest BCUT2D eigenvalue weighted by atomic mass is 10.0. The number of methoxy groups -OCH3 is 1. The Morgan fingerprint density at radius 2 is 2.04 bits per heavy atom. The molecule has 3 rings (SSSR count). The Hall–Kier alpha value is -2.51. The van der Waals surface area contributed by atoms with Gasteiger partial charge in [-0.2, -0.15) is 14.6 Å². The Kier molecular flexibility index (Phi) is 5.49. The van der Waals surface area contributed by atoms with Crippen LogP contribution in [0.1, 0.15) is 31.5 Å². The molecule has 0 saturated carbocycles. The quantitative estimate of drug-likeness (QED) is 0.669. The average Bonchev–Trinajstić information content (AvgIpc) is 3.10. The van der Waals surface area contributed by atoms with Gasteiger partial charge in [0.2, 0.25) is 0 Å². The molecule has 3 aromatic rings. The second-order valence-corrected chi connectivity index (χ2v) is 6.70. The summed E-state index contributed by atoms with van der Waals surface area (Å²) in [7, 11) is 1.64. The molecule has 0 bridgehead atoms. The molecule has 2 aromatic heterocycles. The van der Waals surface area contributed by atoms with Crippen molar-refractivity contribution in [2.45, 2.75) is 39.0 Å². The molecule has 1 aromatic carbocycles. The highest BCUT2D eigenvalue weighted by Crippen LogP contribution is 2.23. The highest BCUT2D eigenvalue weighted by molar-refractivity contribution is 5.48. The van der Waals surface area contributed by atoms with Crippen LogP contribution in [-0.2, 0) is 17.9 Å². The van der Waals surface area contributed by atoms with Gasteiger partial charge in [0.25, 0.3) is 5.78 Å². The van der Waals surface area contributed by atoms with Gasteiger partial charge in [0.05, 0.1) is 17.9 Å². The van der Waals surface area contributed by atoms with Crippen molar-refractivity contribution in [3.05, 3.63) is 54.0 Å². The minimum absolute atomic E-state index is 0.389. The van der Waals surface area contributed by atoms with Crippen molar-refractivity contribution in [1.82, 2.24) is 19.6 Å². The lowest BCUT2D eigenvalue weighted by Gasteiger charge is -2.32. The molecule has 0 saturated heterocycles. The summed E-state index contributed by atoms with van der Waals surface area (Å²) in [4.78, 5) is 10.8. The number of aliphatic hydroxyl groups is 1. The molecule has 0 aliphatic rings. The number of nitrogens with zero attached hydrogens (tertiary/aromatic N) is 5. The van der Waals surface area contributed by atoms with Gasteiger partial charge in [0.15, 0.2) is 0 Å². The molecule has 26 heavy (non-hydrogen) atoms. The first-order valence-electron chi connectivity index (χ1n) is 8.72. The third kappa shape index (κ3) is 4.17. The van der Waals surface area contributed by atoms with Crippen LogP contribution in [0.2, 0.25) is 0 Å². The van der Waals surface area contributed by atoms with Crippen LogP contribution in [0.4, 0.5) is 5.82 Å². The van der Waals surface area contributed by atoms with Crippen LogP contribution < -0.4 is 4.90 Å². The van der Waals surface area contributed by atoms with Crippen LogP contribution in [0.25, 0.3) is 5.78 Å². The average molecular weight is 355 g/mol. The summed E-state index contributed by atoms with van der Waals surface area (Å²) in [5, 5.41) is 15.0. The van der Waals surface area contributed by atoms with Crippen LogP contribution in [0, 0.1) is 0 Å². The number of hydrogen-bond acceptors (Lipinski definition) is 6. The maximum Gasteiger partial charge on any atom is 0.254 e. The summed E-state index contributed by atoms with van der Waals surface area (Å²) in [6.07, 6.45) is 2.13. The molecule has 7 heteroatoms. The van der Waals surface area contributed by atoms with Gasteiger partial charge in [-0.1, -0.05) is 37.3 Å². The fraction of sp³-hybridized carbons (Fsp3) is 0.421. The van der Waals surface area contributed by atoms with Crippen molar-refractivity contribution in [2.24, 2.45) is 0 Å². The molecule has 0 radical (unpaired) electrons. The van der Waals surface area contributed by atoms with E-state index in [2.05, 4.69) is 32.1 Å². The maximum absolute atomic E-state index is 10.7. The van der Waals surface area contributed by atoms with E-state index in [0.717, 1.165) is 17.1 Å². The molecule has 2 heterocycles. The van der Waals surface area contributed by atoms with Crippen molar-refractivity contribution in [3.63, 3.8) is 0 Å². The highest BCUT2D eigenvalue weighted by atomic mass is 16.5. The monoisotopic (exact) mass is 355 g/mol. The standard InChI is InChI=1S/C19H25N5O2/c1-4-19(2,25)13-23(11-15-8-6-5-7-9-15)17-10-16(12-26-3)22-18-20-14-21-24(17)18/h5-10,14,25H,4,11-13H2,1-3H3. The summed E-state index contributed by atoms with van der Waals surface area (Å²) >= 11 is 0. The topological polar surface area (TPSA) is 75.8 Å². The summed E-state index contributed by atoms with van der Waals surface area (Å²) in [5.41, 5.74) is 1.10. The van der Waals surface area contributed by atoms with Crippen molar-refractivity contribution in [1.29, 1.82) is 0 Å². The third-order valence-electron chi connectivity index (χ3n) is 4.41.